The Labute approximate surface area is 103 Å². The summed E-state index contributed by atoms with van der Waals surface area (Å²) >= 11 is 0. The molecule has 1 nitrogen and oxygen atoms in total. The summed E-state index contributed by atoms with van der Waals surface area (Å²) in [5.74, 6) is 0. The molecule has 0 heterocycles. The monoisotopic (exact) mass is 225 g/mol. The van der Waals surface area contributed by atoms with Gasteiger partial charge in [-0.15, -0.1) is 6.58 Å². The molecule has 0 amide bonds. The molecule has 1 unspecified atom stereocenters. The van der Waals surface area contributed by atoms with Crippen LogP contribution >= 0.6 is 0 Å². The van der Waals surface area contributed by atoms with E-state index in [4.69, 9.17) is 0 Å². The predicted octanol–water partition coefficient (Wildman–Crippen LogP) is 4.63. The van der Waals surface area contributed by atoms with Gasteiger partial charge in [0.2, 0.25) is 0 Å². The van der Waals surface area contributed by atoms with Crippen molar-refractivity contribution in [3.8, 4) is 0 Å². The van der Waals surface area contributed by atoms with Crippen LogP contribution in [0.4, 0.5) is 0 Å². The van der Waals surface area contributed by atoms with E-state index >= 15 is 0 Å². The van der Waals surface area contributed by atoms with Gasteiger partial charge in [0.15, 0.2) is 0 Å². The van der Waals surface area contributed by atoms with Crippen molar-refractivity contribution in [1.82, 2.24) is 4.90 Å². The SMILES string of the molecule is C=CCN(CC)C(CCC)CCCCCC. The summed E-state index contributed by atoms with van der Waals surface area (Å²) < 4.78 is 0. The van der Waals surface area contributed by atoms with Crippen LogP contribution in [0, 0.1) is 0 Å². The van der Waals surface area contributed by atoms with Crippen molar-refractivity contribution in [2.45, 2.75) is 71.8 Å². The van der Waals surface area contributed by atoms with Crippen LogP contribution in [0.1, 0.15) is 65.7 Å². The Hall–Kier alpha value is -0.300. The topological polar surface area (TPSA) is 3.24 Å². The van der Waals surface area contributed by atoms with Gasteiger partial charge >= 0.3 is 0 Å². The van der Waals surface area contributed by atoms with Crippen molar-refractivity contribution in [2.24, 2.45) is 0 Å². The maximum Gasteiger partial charge on any atom is 0.0163 e. The number of nitrogens with zero attached hydrogens (tertiary/aromatic N) is 1. The third-order valence-electron chi connectivity index (χ3n) is 3.30. The van der Waals surface area contributed by atoms with Crippen molar-refractivity contribution >= 4 is 0 Å². The third kappa shape index (κ3) is 7.05. The molecule has 0 aliphatic rings. The van der Waals surface area contributed by atoms with E-state index in [0.29, 0.717) is 0 Å². The number of hydrogen-bond donors (Lipinski definition) is 0. The van der Waals surface area contributed by atoms with Crippen molar-refractivity contribution < 1.29 is 0 Å². The highest BCUT2D eigenvalue weighted by Gasteiger charge is 2.14. The summed E-state index contributed by atoms with van der Waals surface area (Å²) in [6.45, 7) is 12.9. The van der Waals surface area contributed by atoms with Gasteiger partial charge in [-0.3, -0.25) is 4.90 Å². The van der Waals surface area contributed by atoms with E-state index < -0.39 is 0 Å². The lowest BCUT2D eigenvalue weighted by Crippen LogP contribution is -2.35. The first kappa shape index (κ1) is 15.7. The van der Waals surface area contributed by atoms with E-state index in [1.165, 1.54) is 44.9 Å². The molecule has 0 aliphatic carbocycles. The Kier molecular flexibility index (Phi) is 11.0. The molecule has 0 spiro atoms. The Morgan fingerprint density at radius 2 is 1.75 bits per heavy atom. The summed E-state index contributed by atoms with van der Waals surface area (Å²) in [5, 5.41) is 0. The first-order chi connectivity index (χ1) is 7.79. The standard InChI is InChI=1S/C15H31N/c1-5-9-10-11-13-15(12-6-2)16(8-4)14-7-3/h7,15H,3,5-6,8-14H2,1-2,4H3. The minimum Gasteiger partial charge on any atom is -0.297 e. The average molecular weight is 225 g/mol. The van der Waals surface area contributed by atoms with Crippen LogP contribution in [-0.2, 0) is 0 Å². The molecule has 0 N–H and O–H groups in total. The predicted molar refractivity (Wildman–Crippen MR) is 74.9 cm³/mol. The molecule has 1 atom stereocenters. The van der Waals surface area contributed by atoms with Gasteiger partial charge in [0, 0.05) is 12.6 Å². The number of unbranched alkanes of at least 4 members (excludes halogenated alkanes) is 3. The highest BCUT2D eigenvalue weighted by Crippen LogP contribution is 2.15. The molecule has 0 rings (SSSR count). The second-order valence-electron chi connectivity index (χ2n) is 4.67. The fraction of sp³-hybridized carbons (Fsp3) is 0.867. The third-order valence-corrected chi connectivity index (χ3v) is 3.30. The molecule has 16 heavy (non-hydrogen) atoms. The van der Waals surface area contributed by atoms with Crippen LogP contribution in [0.25, 0.3) is 0 Å². The van der Waals surface area contributed by atoms with Crippen LogP contribution in [-0.4, -0.2) is 24.0 Å². The summed E-state index contributed by atoms with van der Waals surface area (Å²) in [7, 11) is 0. The Morgan fingerprint density at radius 1 is 1.00 bits per heavy atom. The maximum absolute atomic E-state index is 3.86. The van der Waals surface area contributed by atoms with Gasteiger partial charge in [-0.1, -0.05) is 59.0 Å². The lowest BCUT2D eigenvalue weighted by atomic mass is 10.0. The highest BCUT2D eigenvalue weighted by molar-refractivity contribution is 4.78. The number of likely N-dealkylation sites (N-methyl/N-ethyl adjacent to an activating group) is 1. The molecule has 1 heteroatoms. The molecule has 0 fully saturated rings. The van der Waals surface area contributed by atoms with Gasteiger partial charge in [0.1, 0.15) is 0 Å². The second-order valence-corrected chi connectivity index (χ2v) is 4.67. The van der Waals surface area contributed by atoms with E-state index in [1.54, 1.807) is 0 Å². The average Bonchev–Trinajstić information content (AvgIpc) is 2.30. The molecule has 0 aliphatic heterocycles. The normalized spacial score (nSPS) is 13.0. The van der Waals surface area contributed by atoms with E-state index in [0.717, 1.165) is 19.1 Å². The maximum atomic E-state index is 3.86. The second kappa shape index (κ2) is 11.2. The highest BCUT2D eigenvalue weighted by atomic mass is 15.1. The molecule has 0 saturated carbocycles. The molecular weight excluding hydrogens is 194 g/mol. The van der Waals surface area contributed by atoms with Crippen LogP contribution in [0.2, 0.25) is 0 Å². The van der Waals surface area contributed by atoms with Crippen molar-refractivity contribution in [1.29, 1.82) is 0 Å². The van der Waals surface area contributed by atoms with E-state index in [2.05, 4.69) is 32.3 Å². The molecule has 0 aromatic heterocycles. The van der Waals surface area contributed by atoms with Crippen LogP contribution in [0.3, 0.4) is 0 Å². The molecular formula is C15H31N. The van der Waals surface area contributed by atoms with Gasteiger partial charge < -0.3 is 0 Å². The van der Waals surface area contributed by atoms with Crippen molar-refractivity contribution in [3.05, 3.63) is 12.7 Å². The summed E-state index contributed by atoms with van der Waals surface area (Å²) in [6.07, 6.45) is 11.6. The lowest BCUT2D eigenvalue weighted by Gasteiger charge is -2.29. The lowest BCUT2D eigenvalue weighted by molar-refractivity contribution is 0.200. The number of rotatable bonds is 11. The first-order valence-corrected chi connectivity index (χ1v) is 7.14. The zero-order chi connectivity index (χ0) is 12.2. The summed E-state index contributed by atoms with van der Waals surface area (Å²) in [4.78, 5) is 2.57. The van der Waals surface area contributed by atoms with Crippen LogP contribution in [0.15, 0.2) is 12.7 Å². The molecule has 0 saturated heterocycles. The van der Waals surface area contributed by atoms with Gasteiger partial charge in [-0.05, 0) is 19.4 Å². The first-order valence-electron chi connectivity index (χ1n) is 7.14. The fourth-order valence-corrected chi connectivity index (χ4v) is 2.35. The minimum atomic E-state index is 0.782. The van der Waals surface area contributed by atoms with Crippen molar-refractivity contribution in [3.63, 3.8) is 0 Å². The fourth-order valence-electron chi connectivity index (χ4n) is 2.35. The Bertz CT molecular complexity index is 154. The smallest absolute Gasteiger partial charge is 0.0163 e. The Balaban J connectivity index is 3.96. The van der Waals surface area contributed by atoms with Gasteiger partial charge in [-0.25, -0.2) is 0 Å². The zero-order valence-corrected chi connectivity index (χ0v) is 11.7. The van der Waals surface area contributed by atoms with E-state index in [1.807, 2.05) is 6.08 Å². The largest absolute Gasteiger partial charge is 0.297 e. The molecule has 0 aromatic carbocycles. The van der Waals surface area contributed by atoms with E-state index in [-0.39, 0.29) is 0 Å². The van der Waals surface area contributed by atoms with Gasteiger partial charge in [0.05, 0.1) is 0 Å². The summed E-state index contributed by atoms with van der Waals surface area (Å²) in [5.41, 5.74) is 0. The molecule has 0 aromatic rings. The van der Waals surface area contributed by atoms with Gasteiger partial charge in [-0.2, -0.15) is 0 Å². The molecule has 96 valence electrons. The summed E-state index contributed by atoms with van der Waals surface area (Å²) in [6, 6.07) is 0.782. The van der Waals surface area contributed by atoms with Crippen LogP contribution < -0.4 is 0 Å². The minimum absolute atomic E-state index is 0.782. The van der Waals surface area contributed by atoms with Gasteiger partial charge in [0.25, 0.3) is 0 Å². The number of hydrogen-bond acceptors (Lipinski definition) is 1. The zero-order valence-electron chi connectivity index (χ0n) is 11.7. The van der Waals surface area contributed by atoms with Crippen LogP contribution in [0.5, 0.6) is 0 Å². The van der Waals surface area contributed by atoms with E-state index in [9.17, 15) is 0 Å². The molecule has 0 radical (unpaired) electrons. The van der Waals surface area contributed by atoms with Crippen molar-refractivity contribution in [2.75, 3.05) is 13.1 Å². The molecule has 0 bridgehead atoms. The Morgan fingerprint density at radius 3 is 2.25 bits per heavy atom. The quantitative estimate of drug-likeness (QED) is 0.366.